The molecule has 0 aromatic carbocycles. The molecule has 1 aliphatic carbocycles. The number of hydrogen-bond donors (Lipinski definition) is 1. The molecule has 4 aromatic heterocycles. The van der Waals surface area contributed by atoms with E-state index in [2.05, 4.69) is 29.0 Å². The van der Waals surface area contributed by atoms with Crippen molar-refractivity contribution in [2.75, 3.05) is 6.61 Å². The second-order valence-electron chi connectivity index (χ2n) is 9.48. The molecule has 0 radical (unpaired) electrons. The summed E-state index contributed by atoms with van der Waals surface area (Å²) in [5.41, 5.74) is 1.17. The Kier molecular flexibility index (Phi) is 5.78. The molecule has 0 spiro atoms. The van der Waals surface area contributed by atoms with Gasteiger partial charge in [-0.1, -0.05) is 26.7 Å². The maximum Gasteiger partial charge on any atom is 0.343 e. The van der Waals surface area contributed by atoms with Gasteiger partial charge in [0.25, 0.3) is 11.1 Å². The molecule has 9 nitrogen and oxygen atoms in total. The average molecular weight is 476 g/mol. The van der Waals surface area contributed by atoms with Crippen molar-refractivity contribution < 1.29 is 9.53 Å². The quantitative estimate of drug-likeness (QED) is 0.354. The van der Waals surface area contributed by atoms with E-state index in [9.17, 15) is 14.4 Å². The van der Waals surface area contributed by atoms with E-state index in [-0.39, 0.29) is 35.0 Å². The van der Waals surface area contributed by atoms with E-state index in [1.807, 2.05) is 16.8 Å². The number of carbonyl (C=O) groups excluding carboxylic acids is 1. The van der Waals surface area contributed by atoms with Crippen LogP contribution in [0.1, 0.15) is 62.1 Å². The lowest BCUT2D eigenvalue weighted by molar-refractivity contribution is 0.0525. The first-order valence-electron chi connectivity index (χ1n) is 12.1. The molecule has 35 heavy (non-hydrogen) atoms. The van der Waals surface area contributed by atoms with Crippen molar-refractivity contribution in [2.24, 2.45) is 11.8 Å². The van der Waals surface area contributed by atoms with Crippen LogP contribution in [0.4, 0.5) is 0 Å². The molecule has 4 aromatic rings. The number of fused-ring (bicyclic) bond motifs is 2. The molecule has 4 heterocycles. The second-order valence-corrected chi connectivity index (χ2v) is 9.48. The monoisotopic (exact) mass is 475 g/mol. The second kappa shape index (κ2) is 8.79. The summed E-state index contributed by atoms with van der Waals surface area (Å²) >= 11 is 0. The molecule has 182 valence electrons. The first-order valence-corrected chi connectivity index (χ1v) is 12.1. The maximum absolute atomic E-state index is 13.5. The number of hydrogen-bond acceptors (Lipinski definition) is 6. The van der Waals surface area contributed by atoms with E-state index < -0.39 is 11.5 Å². The standard InChI is InChI=1S/C26H29N5O4/c1-5-35-26(34)22-16(4)28-29-23(22)31-12-10-20-18(25(31)33)13-17-19(27-20)9-11-30(24(17)32)21-8-6-7-14(2)15(21)3/h9-15,21H,5-8H2,1-4H3,(H,28,29)/t14-,15+,21+/m1/s1. The average Bonchev–Trinajstić information content (AvgIpc) is 3.22. The topological polar surface area (TPSA) is 112 Å². The van der Waals surface area contributed by atoms with Crippen LogP contribution in [0.5, 0.6) is 0 Å². The third kappa shape index (κ3) is 3.75. The van der Waals surface area contributed by atoms with Crippen LogP contribution in [0.2, 0.25) is 0 Å². The van der Waals surface area contributed by atoms with Gasteiger partial charge < -0.3 is 9.30 Å². The Hall–Kier alpha value is -3.75. The van der Waals surface area contributed by atoms with Gasteiger partial charge in [0.2, 0.25) is 0 Å². The summed E-state index contributed by atoms with van der Waals surface area (Å²) in [5, 5.41) is 7.63. The highest BCUT2D eigenvalue weighted by Crippen LogP contribution is 2.37. The Morgan fingerprint density at radius 1 is 1.11 bits per heavy atom. The first-order chi connectivity index (χ1) is 16.8. The number of pyridine rings is 3. The van der Waals surface area contributed by atoms with Gasteiger partial charge in [-0.2, -0.15) is 5.10 Å². The number of nitrogens with one attached hydrogen (secondary N) is 1. The van der Waals surface area contributed by atoms with Crippen LogP contribution in [0.15, 0.2) is 40.2 Å². The molecule has 1 fully saturated rings. The summed E-state index contributed by atoms with van der Waals surface area (Å²) in [7, 11) is 0. The van der Waals surface area contributed by atoms with Crippen LogP contribution in [0, 0.1) is 18.8 Å². The Morgan fingerprint density at radius 3 is 2.57 bits per heavy atom. The molecule has 5 rings (SSSR count). The summed E-state index contributed by atoms with van der Waals surface area (Å²) in [6, 6.07) is 5.28. The fraction of sp³-hybridized carbons (Fsp3) is 0.423. The van der Waals surface area contributed by atoms with Gasteiger partial charge in [0, 0.05) is 24.1 Å². The predicted molar refractivity (Wildman–Crippen MR) is 133 cm³/mol. The lowest BCUT2D eigenvalue weighted by atomic mass is 9.78. The number of aryl methyl sites for hydroxylation is 1. The number of ether oxygens (including phenoxy) is 1. The van der Waals surface area contributed by atoms with E-state index in [1.54, 1.807) is 26.0 Å². The Balaban J connectivity index is 1.68. The molecular weight excluding hydrogens is 446 g/mol. The van der Waals surface area contributed by atoms with Gasteiger partial charge in [0.05, 0.1) is 28.4 Å². The van der Waals surface area contributed by atoms with Gasteiger partial charge in [-0.15, -0.1) is 0 Å². The third-order valence-corrected chi connectivity index (χ3v) is 7.43. The van der Waals surface area contributed by atoms with Gasteiger partial charge in [-0.3, -0.25) is 19.3 Å². The van der Waals surface area contributed by atoms with Crippen LogP contribution >= 0.6 is 0 Å². The third-order valence-electron chi connectivity index (χ3n) is 7.43. The molecule has 0 bridgehead atoms. The Labute approximate surface area is 201 Å². The normalized spacial score (nSPS) is 20.4. The number of rotatable bonds is 4. The summed E-state index contributed by atoms with van der Waals surface area (Å²) in [5.74, 6) is 0.525. The number of H-pyrrole nitrogens is 1. The van der Waals surface area contributed by atoms with Crippen molar-refractivity contribution in [1.82, 2.24) is 24.3 Å². The van der Waals surface area contributed by atoms with Crippen molar-refractivity contribution in [3.05, 3.63) is 62.6 Å². The largest absolute Gasteiger partial charge is 0.462 e. The predicted octanol–water partition coefficient (Wildman–Crippen LogP) is 3.91. The minimum atomic E-state index is -0.559. The van der Waals surface area contributed by atoms with Gasteiger partial charge >= 0.3 is 5.97 Å². The summed E-state index contributed by atoms with van der Waals surface area (Å²) in [6.07, 6.45) is 6.59. The smallest absolute Gasteiger partial charge is 0.343 e. The molecule has 1 N–H and O–H groups in total. The van der Waals surface area contributed by atoms with Crippen molar-refractivity contribution in [1.29, 1.82) is 0 Å². The molecule has 0 unspecified atom stereocenters. The van der Waals surface area contributed by atoms with Crippen molar-refractivity contribution >= 4 is 27.8 Å². The highest BCUT2D eigenvalue weighted by atomic mass is 16.5. The zero-order valence-corrected chi connectivity index (χ0v) is 20.4. The van der Waals surface area contributed by atoms with E-state index in [1.165, 1.54) is 17.2 Å². The van der Waals surface area contributed by atoms with Crippen LogP contribution in [0.3, 0.4) is 0 Å². The lowest BCUT2D eigenvalue weighted by Crippen LogP contribution is -2.33. The number of aromatic amines is 1. The summed E-state index contributed by atoms with van der Waals surface area (Å²) < 4.78 is 8.25. The molecule has 0 saturated heterocycles. The highest BCUT2D eigenvalue weighted by Gasteiger charge is 2.29. The first kappa shape index (κ1) is 23.0. The molecule has 9 heteroatoms. The minimum Gasteiger partial charge on any atom is -0.462 e. The Morgan fingerprint density at radius 2 is 1.83 bits per heavy atom. The van der Waals surface area contributed by atoms with Gasteiger partial charge in [0.15, 0.2) is 5.82 Å². The number of nitrogens with zero attached hydrogens (tertiary/aromatic N) is 4. The van der Waals surface area contributed by atoms with E-state index in [4.69, 9.17) is 4.74 Å². The fourth-order valence-corrected chi connectivity index (χ4v) is 5.25. The summed E-state index contributed by atoms with van der Waals surface area (Å²) in [6.45, 7) is 8.06. The Bertz CT molecular complexity index is 1560. The molecule has 1 saturated carbocycles. The molecule has 0 amide bonds. The van der Waals surface area contributed by atoms with Gasteiger partial charge in [-0.25, -0.2) is 9.78 Å². The van der Waals surface area contributed by atoms with Crippen LogP contribution in [-0.2, 0) is 4.74 Å². The van der Waals surface area contributed by atoms with Crippen LogP contribution < -0.4 is 11.1 Å². The molecular formula is C26H29N5O4. The summed E-state index contributed by atoms with van der Waals surface area (Å²) in [4.78, 5) is 44.2. The maximum atomic E-state index is 13.5. The molecule has 0 aliphatic heterocycles. The van der Waals surface area contributed by atoms with Crippen LogP contribution in [-0.4, -0.2) is 36.9 Å². The zero-order valence-electron chi connectivity index (χ0n) is 20.4. The zero-order chi connectivity index (χ0) is 24.9. The number of carbonyl (C=O) groups is 1. The van der Waals surface area contributed by atoms with Crippen LogP contribution in [0.25, 0.3) is 27.6 Å². The lowest BCUT2D eigenvalue weighted by Gasteiger charge is -2.35. The van der Waals surface area contributed by atoms with Crippen molar-refractivity contribution in [3.8, 4) is 5.82 Å². The molecule has 3 atom stereocenters. The van der Waals surface area contributed by atoms with Gasteiger partial charge in [0.1, 0.15) is 5.56 Å². The van der Waals surface area contributed by atoms with E-state index in [0.717, 1.165) is 12.8 Å². The van der Waals surface area contributed by atoms with E-state index in [0.29, 0.717) is 33.9 Å². The SMILES string of the molecule is CCOC(=O)c1c(-n2ccc3nc4ccn([C@H]5CCC[C@@H](C)[C@@H]5C)c(=O)c4cc3c2=O)n[nH]c1C. The number of esters is 1. The number of aromatic nitrogens is 5. The van der Waals surface area contributed by atoms with Crippen molar-refractivity contribution in [2.45, 2.75) is 53.0 Å². The van der Waals surface area contributed by atoms with E-state index >= 15 is 0 Å². The molecule has 1 aliphatic rings. The minimum absolute atomic E-state index is 0.123. The fourth-order valence-electron chi connectivity index (χ4n) is 5.25. The van der Waals surface area contributed by atoms with Gasteiger partial charge in [-0.05, 0) is 50.3 Å². The van der Waals surface area contributed by atoms with Crippen molar-refractivity contribution in [3.63, 3.8) is 0 Å². The highest BCUT2D eigenvalue weighted by molar-refractivity contribution is 5.95.